The SMILES string of the molecule is CCOC(=O)c1ccccc1C=C(C)C(=O)OCC(N=N)OC(=O)CC(C)=O. The number of hydrogen-bond donors (Lipinski definition) is 1. The van der Waals surface area contributed by atoms with Gasteiger partial charge in [0.2, 0.25) is 6.23 Å². The Balaban J connectivity index is 2.77. The molecule has 9 heteroatoms. The third-order valence-corrected chi connectivity index (χ3v) is 3.31. The average Bonchev–Trinajstić information content (AvgIpc) is 2.64. The Labute approximate surface area is 162 Å². The van der Waals surface area contributed by atoms with Gasteiger partial charge in [0, 0.05) is 5.57 Å². The Bertz CT molecular complexity index is 786. The van der Waals surface area contributed by atoms with Crippen LogP contribution in [0.5, 0.6) is 0 Å². The Morgan fingerprint density at radius 3 is 2.43 bits per heavy atom. The van der Waals surface area contributed by atoms with Crippen LogP contribution in [0.25, 0.3) is 6.08 Å². The van der Waals surface area contributed by atoms with Gasteiger partial charge in [-0.05, 0) is 38.5 Å². The van der Waals surface area contributed by atoms with Crippen molar-refractivity contribution in [2.45, 2.75) is 33.4 Å². The maximum Gasteiger partial charge on any atom is 0.338 e. The van der Waals surface area contributed by atoms with Gasteiger partial charge in [-0.3, -0.25) is 9.59 Å². The van der Waals surface area contributed by atoms with E-state index < -0.39 is 42.9 Å². The molecule has 1 rings (SSSR count). The molecule has 1 unspecified atom stereocenters. The van der Waals surface area contributed by atoms with Gasteiger partial charge in [0.05, 0.1) is 12.2 Å². The molecule has 0 aromatic heterocycles. The number of esters is 3. The molecular formula is C19H22N2O7. The molecule has 1 aromatic carbocycles. The molecule has 0 bridgehead atoms. The van der Waals surface area contributed by atoms with E-state index in [1.165, 1.54) is 19.9 Å². The lowest BCUT2D eigenvalue weighted by molar-refractivity contribution is -0.158. The Hall–Kier alpha value is -3.36. The van der Waals surface area contributed by atoms with Crippen LogP contribution in [-0.2, 0) is 28.6 Å². The summed E-state index contributed by atoms with van der Waals surface area (Å²) in [6.45, 7) is 4.14. The van der Waals surface area contributed by atoms with Crippen LogP contribution in [-0.4, -0.2) is 43.1 Å². The van der Waals surface area contributed by atoms with Crippen LogP contribution < -0.4 is 0 Å². The lowest BCUT2D eigenvalue weighted by atomic mass is 10.1. The summed E-state index contributed by atoms with van der Waals surface area (Å²) in [5.41, 5.74) is 7.94. The topological polar surface area (TPSA) is 132 Å². The van der Waals surface area contributed by atoms with E-state index in [1.54, 1.807) is 31.2 Å². The molecule has 1 N–H and O–H groups in total. The molecule has 0 amide bonds. The normalized spacial score (nSPS) is 11.9. The van der Waals surface area contributed by atoms with Gasteiger partial charge in [0.15, 0.2) is 6.61 Å². The summed E-state index contributed by atoms with van der Waals surface area (Å²) in [6, 6.07) is 6.60. The van der Waals surface area contributed by atoms with Crippen LogP contribution in [0.4, 0.5) is 0 Å². The van der Waals surface area contributed by atoms with Gasteiger partial charge in [-0.15, -0.1) is 5.11 Å². The Morgan fingerprint density at radius 1 is 1.14 bits per heavy atom. The van der Waals surface area contributed by atoms with E-state index in [9.17, 15) is 19.2 Å². The molecule has 0 heterocycles. The fourth-order valence-electron chi connectivity index (χ4n) is 2.06. The molecule has 150 valence electrons. The molecule has 0 aliphatic carbocycles. The molecule has 0 aliphatic heterocycles. The number of rotatable bonds is 10. The van der Waals surface area contributed by atoms with Gasteiger partial charge in [-0.1, -0.05) is 18.2 Å². The maximum atomic E-state index is 12.1. The van der Waals surface area contributed by atoms with Gasteiger partial charge in [-0.2, -0.15) is 0 Å². The van der Waals surface area contributed by atoms with Crippen molar-refractivity contribution in [2.75, 3.05) is 13.2 Å². The van der Waals surface area contributed by atoms with E-state index in [2.05, 4.69) is 5.11 Å². The monoisotopic (exact) mass is 390 g/mol. The number of hydrogen-bond acceptors (Lipinski definition) is 9. The summed E-state index contributed by atoms with van der Waals surface area (Å²) in [5, 5.41) is 3.05. The number of nitrogens with one attached hydrogen (secondary N) is 1. The number of ketones is 1. The quantitative estimate of drug-likeness (QED) is 0.213. The molecule has 0 saturated carbocycles. The predicted molar refractivity (Wildman–Crippen MR) is 97.3 cm³/mol. The van der Waals surface area contributed by atoms with Crippen molar-refractivity contribution in [1.29, 1.82) is 5.53 Å². The number of Topliss-reactive ketones (excluding diaryl/α,β-unsaturated/α-hetero) is 1. The second kappa shape index (κ2) is 11.4. The highest BCUT2D eigenvalue weighted by molar-refractivity contribution is 5.98. The van der Waals surface area contributed by atoms with Gasteiger partial charge in [0.25, 0.3) is 0 Å². The average molecular weight is 390 g/mol. The first kappa shape index (κ1) is 22.7. The van der Waals surface area contributed by atoms with E-state index in [-0.39, 0.29) is 12.2 Å². The summed E-state index contributed by atoms with van der Waals surface area (Å²) in [7, 11) is 0. The summed E-state index contributed by atoms with van der Waals surface area (Å²) >= 11 is 0. The molecule has 0 radical (unpaired) electrons. The largest absolute Gasteiger partial charge is 0.462 e. The molecule has 9 nitrogen and oxygen atoms in total. The van der Waals surface area contributed by atoms with Crippen molar-refractivity contribution in [3.8, 4) is 0 Å². The number of carbonyl (C=O) groups excluding carboxylic acids is 4. The molecule has 0 aliphatic rings. The minimum Gasteiger partial charge on any atom is -0.462 e. The Kier molecular flexibility index (Phi) is 9.21. The molecule has 0 fully saturated rings. The lowest BCUT2D eigenvalue weighted by Crippen LogP contribution is -2.24. The van der Waals surface area contributed by atoms with Gasteiger partial charge in [-0.25, -0.2) is 15.1 Å². The smallest absolute Gasteiger partial charge is 0.338 e. The lowest BCUT2D eigenvalue weighted by Gasteiger charge is -2.12. The van der Waals surface area contributed by atoms with Crippen molar-refractivity contribution in [2.24, 2.45) is 5.11 Å². The number of ether oxygens (including phenoxy) is 3. The van der Waals surface area contributed by atoms with E-state index in [1.807, 2.05) is 0 Å². The van der Waals surface area contributed by atoms with Crippen molar-refractivity contribution in [3.05, 3.63) is 41.0 Å². The number of nitrogens with zero attached hydrogens (tertiary/aromatic N) is 1. The second-order valence-corrected chi connectivity index (χ2v) is 5.69. The van der Waals surface area contributed by atoms with Gasteiger partial charge >= 0.3 is 17.9 Å². The third-order valence-electron chi connectivity index (χ3n) is 3.31. The van der Waals surface area contributed by atoms with E-state index in [0.29, 0.717) is 11.1 Å². The highest BCUT2D eigenvalue weighted by Crippen LogP contribution is 2.15. The minimum atomic E-state index is -1.34. The first-order chi connectivity index (χ1) is 13.3. The van der Waals surface area contributed by atoms with Crippen molar-refractivity contribution in [3.63, 3.8) is 0 Å². The second-order valence-electron chi connectivity index (χ2n) is 5.69. The highest BCUT2D eigenvalue weighted by atomic mass is 16.6. The zero-order valence-electron chi connectivity index (χ0n) is 15.9. The number of carbonyl (C=O) groups is 4. The molecule has 0 spiro atoms. The molecule has 1 atom stereocenters. The number of benzene rings is 1. The summed E-state index contributed by atoms with van der Waals surface area (Å²) in [4.78, 5) is 46.4. The summed E-state index contributed by atoms with van der Waals surface area (Å²) in [6.07, 6.45) is -0.331. The van der Waals surface area contributed by atoms with Gasteiger partial charge in [0.1, 0.15) is 12.2 Å². The van der Waals surface area contributed by atoms with E-state index >= 15 is 0 Å². The van der Waals surface area contributed by atoms with Crippen LogP contribution in [0, 0.1) is 5.53 Å². The van der Waals surface area contributed by atoms with Crippen LogP contribution in [0.15, 0.2) is 35.0 Å². The van der Waals surface area contributed by atoms with E-state index in [4.69, 9.17) is 19.7 Å². The van der Waals surface area contributed by atoms with Crippen molar-refractivity contribution < 1.29 is 33.4 Å². The standard InChI is InChI=1S/C19H22N2O7/c1-4-26-19(25)15-8-6-5-7-14(15)9-12(2)18(24)27-11-16(21-20)28-17(23)10-13(3)22/h5-9,16,20H,4,10-11H2,1-3H3. The zero-order chi connectivity index (χ0) is 21.1. The Morgan fingerprint density at radius 2 is 1.82 bits per heavy atom. The van der Waals surface area contributed by atoms with Crippen LogP contribution in [0.2, 0.25) is 0 Å². The molecular weight excluding hydrogens is 368 g/mol. The first-order valence-electron chi connectivity index (χ1n) is 8.45. The maximum absolute atomic E-state index is 12.1. The zero-order valence-corrected chi connectivity index (χ0v) is 15.9. The van der Waals surface area contributed by atoms with Crippen molar-refractivity contribution in [1.82, 2.24) is 0 Å². The fraction of sp³-hybridized carbons (Fsp3) is 0.368. The van der Waals surface area contributed by atoms with Crippen LogP contribution >= 0.6 is 0 Å². The van der Waals surface area contributed by atoms with Crippen molar-refractivity contribution >= 4 is 29.8 Å². The molecule has 1 aromatic rings. The van der Waals surface area contributed by atoms with Gasteiger partial charge < -0.3 is 14.2 Å². The van der Waals surface area contributed by atoms with Crippen LogP contribution in [0.1, 0.15) is 43.1 Å². The first-order valence-corrected chi connectivity index (χ1v) is 8.45. The third kappa shape index (κ3) is 7.48. The predicted octanol–water partition coefficient (Wildman–Crippen LogP) is 2.69. The van der Waals surface area contributed by atoms with Crippen LogP contribution in [0.3, 0.4) is 0 Å². The molecule has 28 heavy (non-hydrogen) atoms. The minimum absolute atomic E-state index is 0.176. The highest BCUT2D eigenvalue weighted by Gasteiger charge is 2.18. The summed E-state index contributed by atoms with van der Waals surface area (Å²) < 4.78 is 14.7. The van der Waals surface area contributed by atoms with E-state index in [0.717, 1.165) is 0 Å². The summed E-state index contributed by atoms with van der Waals surface area (Å²) in [5.74, 6) is -2.51. The molecule has 0 saturated heterocycles. The fourth-order valence-corrected chi connectivity index (χ4v) is 2.06.